The van der Waals surface area contributed by atoms with Crippen LogP contribution in [0.4, 0.5) is 11.5 Å². The van der Waals surface area contributed by atoms with E-state index in [4.69, 9.17) is 9.84 Å². The minimum Gasteiger partial charge on any atom is -0.378 e. The predicted molar refractivity (Wildman–Crippen MR) is 133 cm³/mol. The molecule has 0 aliphatic carbocycles. The van der Waals surface area contributed by atoms with E-state index in [1.165, 1.54) is 0 Å². The summed E-state index contributed by atoms with van der Waals surface area (Å²) in [5.74, 6) is 1.95. The van der Waals surface area contributed by atoms with Gasteiger partial charge in [0.1, 0.15) is 5.82 Å². The number of rotatable bonds is 7. The fourth-order valence-electron chi connectivity index (χ4n) is 3.76. The van der Waals surface area contributed by atoms with Gasteiger partial charge in [0, 0.05) is 49.0 Å². The Balaban J connectivity index is 1.44. The Morgan fingerprint density at radius 2 is 1.91 bits per heavy atom. The molecule has 0 bridgehead atoms. The van der Waals surface area contributed by atoms with E-state index in [1.54, 1.807) is 41.3 Å². The molecule has 11 nitrogen and oxygen atoms in total. The molecule has 180 valence electrons. The summed E-state index contributed by atoms with van der Waals surface area (Å²) in [4.78, 5) is 20.1. The Labute approximate surface area is 202 Å². The number of pyridine rings is 1. The second kappa shape index (κ2) is 9.76. The minimum atomic E-state index is -3.35. The zero-order valence-corrected chi connectivity index (χ0v) is 19.9. The first-order valence-electron chi connectivity index (χ1n) is 11.0. The van der Waals surface area contributed by atoms with Gasteiger partial charge in [0.05, 0.1) is 31.7 Å². The summed E-state index contributed by atoms with van der Waals surface area (Å²) < 4.78 is 32.7. The van der Waals surface area contributed by atoms with E-state index in [0.29, 0.717) is 37.0 Å². The molecule has 1 aliphatic rings. The topological polar surface area (TPSA) is 127 Å². The summed E-state index contributed by atoms with van der Waals surface area (Å²) in [6.45, 7) is 3.09. The molecule has 4 heterocycles. The molecular weight excluding hydrogens is 468 g/mol. The number of nitrogens with zero attached hydrogens (tertiary/aromatic N) is 7. The molecule has 0 radical (unpaired) electrons. The first kappa shape index (κ1) is 22.9. The van der Waals surface area contributed by atoms with Gasteiger partial charge >= 0.3 is 0 Å². The fourth-order valence-corrected chi connectivity index (χ4v) is 4.32. The van der Waals surface area contributed by atoms with E-state index < -0.39 is 10.0 Å². The van der Waals surface area contributed by atoms with Crippen molar-refractivity contribution in [3.05, 3.63) is 66.1 Å². The molecule has 12 heteroatoms. The van der Waals surface area contributed by atoms with Crippen LogP contribution in [0, 0.1) is 0 Å². The van der Waals surface area contributed by atoms with Gasteiger partial charge in [0.2, 0.25) is 10.0 Å². The monoisotopic (exact) mass is 492 g/mol. The SMILES string of the molecule is CS(=O)(=O)Nc1cccc(C=NCc2cc(N3CCOCC3)n3nc(-c4ccncc4)nc3n2)c1. The van der Waals surface area contributed by atoms with Crippen LogP contribution in [0.3, 0.4) is 0 Å². The number of benzene rings is 1. The Morgan fingerprint density at radius 1 is 1.11 bits per heavy atom. The normalized spacial score (nSPS) is 14.6. The van der Waals surface area contributed by atoms with Gasteiger partial charge in [-0.1, -0.05) is 12.1 Å². The van der Waals surface area contributed by atoms with Crippen LogP contribution in [0.25, 0.3) is 17.2 Å². The third-order valence-corrected chi connectivity index (χ3v) is 5.91. The van der Waals surface area contributed by atoms with Crippen LogP contribution in [0.2, 0.25) is 0 Å². The molecule has 4 aromatic rings. The zero-order valence-electron chi connectivity index (χ0n) is 19.1. The number of nitrogens with one attached hydrogen (secondary N) is 1. The molecule has 0 atom stereocenters. The van der Waals surface area contributed by atoms with Crippen LogP contribution in [-0.4, -0.2) is 71.8 Å². The van der Waals surface area contributed by atoms with Crippen LogP contribution in [-0.2, 0) is 21.3 Å². The predicted octanol–water partition coefficient (Wildman–Crippen LogP) is 2.01. The van der Waals surface area contributed by atoms with Crippen molar-refractivity contribution in [2.45, 2.75) is 6.54 Å². The van der Waals surface area contributed by atoms with E-state index in [1.807, 2.05) is 24.3 Å². The highest BCUT2D eigenvalue weighted by molar-refractivity contribution is 7.92. The van der Waals surface area contributed by atoms with Crippen molar-refractivity contribution in [3.8, 4) is 11.4 Å². The summed E-state index contributed by atoms with van der Waals surface area (Å²) in [5, 5.41) is 4.70. The molecule has 5 rings (SSSR count). The summed E-state index contributed by atoms with van der Waals surface area (Å²) >= 11 is 0. The fraction of sp³-hybridized carbons (Fsp3) is 0.261. The largest absolute Gasteiger partial charge is 0.378 e. The number of aliphatic imine (C=N–C) groups is 1. The van der Waals surface area contributed by atoms with Crippen LogP contribution in [0.5, 0.6) is 0 Å². The zero-order chi connectivity index (χ0) is 24.3. The van der Waals surface area contributed by atoms with Crippen molar-refractivity contribution < 1.29 is 13.2 Å². The maximum atomic E-state index is 11.5. The summed E-state index contributed by atoms with van der Waals surface area (Å²) in [6.07, 6.45) is 6.22. The average Bonchev–Trinajstić information content (AvgIpc) is 3.28. The number of hydrogen-bond donors (Lipinski definition) is 1. The third-order valence-electron chi connectivity index (χ3n) is 5.30. The molecule has 0 unspecified atom stereocenters. The lowest BCUT2D eigenvalue weighted by Gasteiger charge is -2.28. The molecule has 1 fully saturated rings. The molecule has 1 aromatic carbocycles. The van der Waals surface area contributed by atoms with Crippen molar-refractivity contribution >= 4 is 33.5 Å². The Kier molecular flexibility index (Phi) is 6.38. The van der Waals surface area contributed by atoms with Crippen molar-refractivity contribution in [1.29, 1.82) is 0 Å². The highest BCUT2D eigenvalue weighted by Crippen LogP contribution is 2.22. The van der Waals surface area contributed by atoms with E-state index in [2.05, 4.69) is 29.6 Å². The second-order valence-corrected chi connectivity index (χ2v) is 9.81. The van der Waals surface area contributed by atoms with Crippen LogP contribution < -0.4 is 9.62 Å². The van der Waals surface area contributed by atoms with Gasteiger partial charge in [-0.25, -0.2) is 13.4 Å². The number of aromatic nitrogens is 5. The molecule has 1 N–H and O–H groups in total. The van der Waals surface area contributed by atoms with Gasteiger partial charge in [0.25, 0.3) is 5.78 Å². The van der Waals surface area contributed by atoms with E-state index in [9.17, 15) is 8.42 Å². The molecule has 35 heavy (non-hydrogen) atoms. The van der Waals surface area contributed by atoms with E-state index >= 15 is 0 Å². The van der Waals surface area contributed by atoms with Crippen molar-refractivity contribution in [1.82, 2.24) is 24.6 Å². The highest BCUT2D eigenvalue weighted by Gasteiger charge is 2.19. The minimum absolute atomic E-state index is 0.328. The Morgan fingerprint density at radius 3 is 2.69 bits per heavy atom. The Hall–Kier alpha value is -3.90. The quantitative estimate of drug-likeness (QED) is 0.388. The summed E-state index contributed by atoms with van der Waals surface area (Å²) in [6, 6.07) is 12.7. The number of fused-ring (bicyclic) bond motifs is 1. The van der Waals surface area contributed by atoms with Gasteiger partial charge in [-0.2, -0.15) is 9.50 Å². The van der Waals surface area contributed by atoms with Crippen molar-refractivity contribution in [2.24, 2.45) is 4.99 Å². The molecule has 0 saturated carbocycles. The van der Waals surface area contributed by atoms with Gasteiger partial charge in [-0.15, -0.1) is 5.10 Å². The molecule has 0 spiro atoms. The Bertz CT molecular complexity index is 1460. The van der Waals surface area contributed by atoms with Gasteiger partial charge in [0.15, 0.2) is 5.82 Å². The standard InChI is InChI=1S/C23H24N8O3S/c1-35(32,33)29-19-4-2-3-17(13-19)15-25-16-20-14-21(30-9-11-34-12-10-30)31-23(26-20)27-22(28-31)18-5-7-24-8-6-18/h2-8,13-15,29H,9-12,16H2,1H3. The van der Waals surface area contributed by atoms with E-state index in [0.717, 1.165) is 42.0 Å². The summed E-state index contributed by atoms with van der Waals surface area (Å²) in [5.41, 5.74) is 2.86. The highest BCUT2D eigenvalue weighted by atomic mass is 32.2. The van der Waals surface area contributed by atoms with Gasteiger partial charge in [-0.3, -0.25) is 14.7 Å². The number of hydrogen-bond acceptors (Lipinski definition) is 9. The lowest BCUT2D eigenvalue weighted by atomic mass is 10.2. The average molecular weight is 493 g/mol. The second-order valence-electron chi connectivity index (χ2n) is 8.06. The third kappa shape index (κ3) is 5.61. The lowest BCUT2D eigenvalue weighted by molar-refractivity contribution is 0.122. The van der Waals surface area contributed by atoms with Crippen molar-refractivity contribution in [3.63, 3.8) is 0 Å². The molecule has 1 aliphatic heterocycles. The first-order chi connectivity index (χ1) is 16.9. The number of ether oxygens (including phenoxy) is 1. The molecular formula is C23H24N8O3S. The smallest absolute Gasteiger partial charge is 0.254 e. The van der Waals surface area contributed by atoms with Gasteiger partial charge < -0.3 is 9.64 Å². The maximum Gasteiger partial charge on any atom is 0.254 e. The number of morpholine rings is 1. The maximum absolute atomic E-state index is 11.5. The molecule has 3 aromatic heterocycles. The number of anilines is 2. The van der Waals surface area contributed by atoms with Crippen LogP contribution in [0.1, 0.15) is 11.3 Å². The van der Waals surface area contributed by atoms with E-state index in [-0.39, 0.29) is 0 Å². The summed E-state index contributed by atoms with van der Waals surface area (Å²) in [7, 11) is -3.35. The number of sulfonamides is 1. The van der Waals surface area contributed by atoms with Gasteiger partial charge in [-0.05, 0) is 29.8 Å². The lowest BCUT2D eigenvalue weighted by Crippen LogP contribution is -2.37. The molecule has 1 saturated heterocycles. The van der Waals surface area contributed by atoms with Crippen LogP contribution in [0.15, 0.2) is 59.9 Å². The van der Waals surface area contributed by atoms with Crippen LogP contribution >= 0.6 is 0 Å². The first-order valence-corrected chi connectivity index (χ1v) is 12.9. The van der Waals surface area contributed by atoms with Crippen molar-refractivity contribution in [2.75, 3.05) is 42.2 Å². The molecule has 0 amide bonds.